The number of guanidine groups is 1. The number of rotatable bonds is 8. The summed E-state index contributed by atoms with van der Waals surface area (Å²) in [4.78, 5) is 43.4. The van der Waals surface area contributed by atoms with Crippen LogP contribution in [0.4, 0.5) is 0 Å². The second-order valence-corrected chi connectivity index (χ2v) is 8.32. The molecule has 1 saturated heterocycles. The molecule has 9 nitrogen and oxygen atoms in total. The van der Waals surface area contributed by atoms with E-state index in [1.165, 1.54) is 17.0 Å². The lowest BCUT2D eigenvalue weighted by atomic mass is 9.85. The highest BCUT2D eigenvalue weighted by molar-refractivity contribution is 6.06. The Morgan fingerprint density at radius 3 is 2.31 bits per heavy atom. The van der Waals surface area contributed by atoms with Crippen LogP contribution in [0.15, 0.2) is 41.4 Å². The third-order valence-electron chi connectivity index (χ3n) is 6.33. The van der Waals surface area contributed by atoms with Gasteiger partial charge in [0.1, 0.15) is 5.75 Å². The first-order valence-electron chi connectivity index (χ1n) is 11.1. The molecule has 4 N–H and O–H groups in total. The number of phenols is 1. The van der Waals surface area contributed by atoms with Crippen LogP contribution in [-0.4, -0.2) is 66.4 Å². The molecule has 2 bridgehead atoms. The fourth-order valence-electron chi connectivity index (χ4n) is 4.86. The second-order valence-electron chi connectivity index (χ2n) is 8.32. The van der Waals surface area contributed by atoms with Gasteiger partial charge in [-0.15, -0.1) is 0 Å². The molecule has 4 atom stereocenters. The molecule has 0 spiro atoms. The van der Waals surface area contributed by atoms with Crippen molar-refractivity contribution in [1.82, 2.24) is 20.9 Å². The molecule has 0 aromatic heterocycles. The summed E-state index contributed by atoms with van der Waals surface area (Å²) in [5.74, 6) is 0.441. The Bertz CT molecular complexity index is 912. The molecule has 2 aliphatic carbocycles. The molecule has 170 valence electrons. The molecule has 3 aliphatic rings. The predicted molar refractivity (Wildman–Crippen MR) is 119 cm³/mol. The van der Waals surface area contributed by atoms with Crippen LogP contribution in [0.3, 0.4) is 0 Å². The van der Waals surface area contributed by atoms with Gasteiger partial charge in [0.25, 0.3) is 5.91 Å². The number of nitrogens with zero attached hydrogens (tertiary/aromatic N) is 2. The second kappa shape index (κ2) is 9.42. The zero-order chi connectivity index (χ0) is 22.7. The van der Waals surface area contributed by atoms with E-state index in [1.54, 1.807) is 12.1 Å². The first-order valence-corrected chi connectivity index (χ1v) is 11.1. The van der Waals surface area contributed by atoms with Crippen molar-refractivity contribution >= 4 is 23.7 Å². The molecule has 32 heavy (non-hydrogen) atoms. The van der Waals surface area contributed by atoms with Crippen molar-refractivity contribution in [2.24, 2.45) is 28.7 Å². The molecule has 1 aromatic rings. The lowest BCUT2D eigenvalue weighted by Crippen LogP contribution is -2.44. The molecule has 1 aromatic carbocycles. The highest BCUT2D eigenvalue weighted by atomic mass is 16.3. The van der Waals surface area contributed by atoms with Crippen LogP contribution in [-0.2, 0) is 9.59 Å². The van der Waals surface area contributed by atoms with Crippen molar-refractivity contribution in [1.29, 1.82) is 0 Å². The third-order valence-corrected chi connectivity index (χ3v) is 6.33. The average molecular weight is 440 g/mol. The number of imide groups is 1. The number of aliphatic imine (C=N–C) groups is 1. The summed E-state index contributed by atoms with van der Waals surface area (Å²) in [5.41, 5.74) is 0.463. The lowest BCUT2D eigenvalue weighted by Gasteiger charge is -2.18. The summed E-state index contributed by atoms with van der Waals surface area (Å²) < 4.78 is 0. The van der Waals surface area contributed by atoms with E-state index in [4.69, 9.17) is 0 Å². The Morgan fingerprint density at radius 1 is 1.03 bits per heavy atom. The minimum Gasteiger partial charge on any atom is -0.508 e. The van der Waals surface area contributed by atoms with Crippen molar-refractivity contribution in [2.45, 2.75) is 13.3 Å². The highest BCUT2D eigenvalue weighted by Gasteiger charge is 2.58. The lowest BCUT2D eigenvalue weighted by molar-refractivity contribution is -0.140. The smallest absolute Gasteiger partial charge is 0.251 e. The van der Waals surface area contributed by atoms with Crippen molar-refractivity contribution in [2.75, 3.05) is 32.7 Å². The first kappa shape index (κ1) is 21.9. The van der Waals surface area contributed by atoms with Crippen LogP contribution < -0.4 is 16.0 Å². The molecule has 0 radical (unpaired) electrons. The van der Waals surface area contributed by atoms with E-state index in [9.17, 15) is 19.5 Å². The van der Waals surface area contributed by atoms with Gasteiger partial charge < -0.3 is 21.1 Å². The summed E-state index contributed by atoms with van der Waals surface area (Å²) in [6.07, 6.45) is 5.11. The average Bonchev–Trinajstić information content (AvgIpc) is 3.46. The summed E-state index contributed by atoms with van der Waals surface area (Å²) in [6.45, 7) is 4.03. The van der Waals surface area contributed by atoms with E-state index < -0.39 is 0 Å². The topological polar surface area (TPSA) is 123 Å². The Labute approximate surface area is 187 Å². The Morgan fingerprint density at radius 2 is 1.69 bits per heavy atom. The van der Waals surface area contributed by atoms with E-state index in [0.717, 1.165) is 6.42 Å². The van der Waals surface area contributed by atoms with Crippen LogP contribution >= 0.6 is 0 Å². The Balaban J connectivity index is 1.23. The van der Waals surface area contributed by atoms with Gasteiger partial charge in [-0.3, -0.25) is 24.3 Å². The van der Waals surface area contributed by atoms with E-state index >= 15 is 0 Å². The quantitative estimate of drug-likeness (QED) is 0.154. The van der Waals surface area contributed by atoms with Gasteiger partial charge in [-0.1, -0.05) is 12.2 Å². The first-order chi connectivity index (χ1) is 15.5. The van der Waals surface area contributed by atoms with E-state index in [-0.39, 0.29) is 47.1 Å². The van der Waals surface area contributed by atoms with E-state index in [0.29, 0.717) is 44.2 Å². The van der Waals surface area contributed by atoms with Gasteiger partial charge in [0.2, 0.25) is 11.8 Å². The number of carbonyl (C=O) groups is 3. The zero-order valence-electron chi connectivity index (χ0n) is 18.1. The van der Waals surface area contributed by atoms with Gasteiger partial charge in [0.05, 0.1) is 18.4 Å². The van der Waals surface area contributed by atoms with Gasteiger partial charge in [0, 0.05) is 31.7 Å². The normalized spacial score (nSPS) is 25.9. The number of hydrogen-bond acceptors (Lipinski definition) is 5. The number of carbonyl (C=O) groups excluding carboxylic acids is 3. The molecule has 9 heteroatoms. The third kappa shape index (κ3) is 4.32. The number of likely N-dealkylation sites (tertiary alicyclic amines) is 1. The number of allylic oxidation sites excluding steroid dienone is 2. The number of hydrogen-bond donors (Lipinski definition) is 4. The standard InChI is InChI=1S/C23H29N5O4/c1-2-24-23(26-10-9-25-20(30)14-5-7-17(29)8-6-14)27-11-12-28-21(31)18-15-3-4-16(13-15)19(18)22(28)32/h3-8,15-16,18-19,29H,2,9-13H2,1H3,(H,25,30)(H2,24,26,27). The maximum atomic E-state index is 12.7. The minimum absolute atomic E-state index is 0.0440. The fraction of sp³-hybridized carbons (Fsp3) is 0.478. The number of amides is 3. The molecular formula is C23H29N5O4. The molecule has 1 heterocycles. The van der Waals surface area contributed by atoms with Gasteiger partial charge in [-0.25, -0.2) is 0 Å². The number of aromatic hydroxyl groups is 1. The molecule has 1 saturated carbocycles. The Hall–Kier alpha value is -3.36. The molecule has 4 rings (SSSR count). The highest BCUT2D eigenvalue weighted by Crippen LogP contribution is 2.52. The SMILES string of the molecule is CCNC(=NCCNC(=O)c1ccc(O)cc1)NCCN1C(=O)C2C3C=CC(C3)C2C1=O. The molecule has 1 aliphatic heterocycles. The summed E-state index contributed by atoms with van der Waals surface area (Å²) >= 11 is 0. The maximum Gasteiger partial charge on any atom is 0.251 e. The van der Waals surface area contributed by atoms with E-state index in [2.05, 4.69) is 33.1 Å². The number of nitrogens with one attached hydrogen (secondary N) is 3. The van der Waals surface area contributed by atoms with Crippen LogP contribution in [0.25, 0.3) is 0 Å². The van der Waals surface area contributed by atoms with Crippen molar-refractivity contribution in [3.05, 3.63) is 42.0 Å². The van der Waals surface area contributed by atoms with Gasteiger partial charge in [-0.05, 0) is 49.4 Å². The van der Waals surface area contributed by atoms with Crippen molar-refractivity contribution in [3.63, 3.8) is 0 Å². The van der Waals surface area contributed by atoms with Crippen LogP contribution in [0.1, 0.15) is 23.7 Å². The summed E-state index contributed by atoms with van der Waals surface area (Å²) in [7, 11) is 0. The minimum atomic E-state index is -0.238. The maximum absolute atomic E-state index is 12.7. The summed E-state index contributed by atoms with van der Waals surface area (Å²) in [6, 6.07) is 6.03. The van der Waals surface area contributed by atoms with Gasteiger partial charge in [0.15, 0.2) is 5.96 Å². The largest absolute Gasteiger partial charge is 0.508 e. The number of benzene rings is 1. The molecule has 3 amide bonds. The van der Waals surface area contributed by atoms with Gasteiger partial charge >= 0.3 is 0 Å². The molecule has 4 unspecified atom stereocenters. The van der Waals surface area contributed by atoms with Gasteiger partial charge in [-0.2, -0.15) is 0 Å². The van der Waals surface area contributed by atoms with Crippen LogP contribution in [0.2, 0.25) is 0 Å². The van der Waals surface area contributed by atoms with Crippen LogP contribution in [0, 0.1) is 23.7 Å². The fourth-order valence-corrected chi connectivity index (χ4v) is 4.86. The zero-order valence-corrected chi connectivity index (χ0v) is 18.1. The number of phenolic OH excluding ortho intramolecular Hbond substituents is 1. The molecule has 2 fully saturated rings. The molecular weight excluding hydrogens is 410 g/mol. The van der Waals surface area contributed by atoms with Crippen molar-refractivity contribution < 1.29 is 19.5 Å². The summed E-state index contributed by atoms with van der Waals surface area (Å²) in [5, 5.41) is 18.3. The van der Waals surface area contributed by atoms with E-state index in [1.807, 2.05) is 6.92 Å². The number of fused-ring (bicyclic) bond motifs is 5. The Kier molecular flexibility index (Phi) is 6.43. The van der Waals surface area contributed by atoms with Crippen molar-refractivity contribution in [3.8, 4) is 5.75 Å². The van der Waals surface area contributed by atoms with Crippen LogP contribution in [0.5, 0.6) is 5.75 Å². The monoisotopic (exact) mass is 439 g/mol. The predicted octanol–water partition coefficient (Wildman–Crippen LogP) is 0.484.